The van der Waals surface area contributed by atoms with Crippen molar-refractivity contribution in [1.82, 2.24) is 4.90 Å². The van der Waals surface area contributed by atoms with Crippen LogP contribution in [-0.4, -0.2) is 18.0 Å². The summed E-state index contributed by atoms with van der Waals surface area (Å²) in [5, 5.41) is 0. The van der Waals surface area contributed by atoms with Crippen LogP contribution in [0.1, 0.15) is 18.1 Å². The van der Waals surface area contributed by atoms with Gasteiger partial charge in [0.15, 0.2) is 0 Å². The van der Waals surface area contributed by atoms with Gasteiger partial charge in [-0.05, 0) is 24.6 Å². The van der Waals surface area contributed by atoms with E-state index in [0.717, 1.165) is 29.5 Å². The molecule has 1 aromatic carbocycles. The topological polar surface area (TPSA) is 55.3 Å². The quantitative estimate of drug-likeness (QED) is 0.757. The van der Waals surface area contributed by atoms with Gasteiger partial charge in [-0.3, -0.25) is 16.4 Å². The molecular formula is C11H16BrN3. The first-order valence-corrected chi connectivity index (χ1v) is 5.97. The molecule has 4 N–H and O–H groups in total. The van der Waals surface area contributed by atoms with E-state index in [2.05, 4.69) is 27.8 Å². The van der Waals surface area contributed by atoms with Gasteiger partial charge in [0.05, 0.1) is 0 Å². The minimum absolute atomic E-state index is 0.827. The van der Waals surface area contributed by atoms with Crippen molar-refractivity contribution in [2.24, 2.45) is 11.5 Å². The van der Waals surface area contributed by atoms with E-state index in [-0.39, 0.29) is 0 Å². The lowest BCUT2D eigenvalue weighted by atomic mass is 9.93. The fraction of sp³-hybridized carbons (Fsp3) is 0.455. The molecule has 0 atom stereocenters. The summed E-state index contributed by atoms with van der Waals surface area (Å²) in [5.41, 5.74) is 14.7. The first-order valence-electron chi connectivity index (χ1n) is 5.18. The Hall–Kier alpha value is -0.420. The van der Waals surface area contributed by atoms with Gasteiger partial charge in [-0.2, -0.15) is 0 Å². The maximum absolute atomic E-state index is 6.20. The SMILES string of the molecule is CCN1CCc2c(Br)cccc2C1(N)N. The molecule has 0 saturated carbocycles. The molecule has 0 saturated heterocycles. The summed E-state index contributed by atoms with van der Waals surface area (Å²) in [6.45, 7) is 3.87. The van der Waals surface area contributed by atoms with E-state index < -0.39 is 5.79 Å². The highest BCUT2D eigenvalue weighted by molar-refractivity contribution is 9.10. The van der Waals surface area contributed by atoms with E-state index >= 15 is 0 Å². The molecular weight excluding hydrogens is 254 g/mol. The Morgan fingerprint density at radius 1 is 1.47 bits per heavy atom. The first kappa shape index (κ1) is 11.1. The molecule has 0 amide bonds. The lowest BCUT2D eigenvalue weighted by molar-refractivity contribution is 0.0905. The van der Waals surface area contributed by atoms with Crippen LogP contribution in [0.5, 0.6) is 0 Å². The summed E-state index contributed by atoms with van der Waals surface area (Å²) in [4.78, 5) is 2.10. The number of rotatable bonds is 1. The third-order valence-corrected chi connectivity index (χ3v) is 3.83. The van der Waals surface area contributed by atoms with Gasteiger partial charge in [0, 0.05) is 16.6 Å². The highest BCUT2D eigenvalue weighted by Crippen LogP contribution is 2.31. The van der Waals surface area contributed by atoms with Crippen molar-refractivity contribution in [3.63, 3.8) is 0 Å². The van der Waals surface area contributed by atoms with Gasteiger partial charge in [-0.25, -0.2) is 0 Å². The summed E-state index contributed by atoms with van der Waals surface area (Å²) >= 11 is 3.55. The van der Waals surface area contributed by atoms with Crippen molar-refractivity contribution >= 4 is 15.9 Å². The molecule has 1 aromatic rings. The van der Waals surface area contributed by atoms with E-state index in [1.165, 1.54) is 5.56 Å². The molecule has 1 aliphatic rings. The van der Waals surface area contributed by atoms with E-state index in [1.807, 2.05) is 18.2 Å². The predicted octanol–water partition coefficient (Wildman–Crippen LogP) is 1.35. The summed E-state index contributed by atoms with van der Waals surface area (Å²) in [6.07, 6.45) is 1.00. The zero-order valence-electron chi connectivity index (χ0n) is 8.83. The lowest BCUT2D eigenvalue weighted by Gasteiger charge is -2.42. The molecule has 82 valence electrons. The van der Waals surface area contributed by atoms with Crippen LogP contribution in [0.15, 0.2) is 22.7 Å². The van der Waals surface area contributed by atoms with Crippen LogP contribution in [0.25, 0.3) is 0 Å². The molecule has 0 spiro atoms. The molecule has 0 fully saturated rings. The fourth-order valence-corrected chi connectivity index (χ4v) is 2.77. The number of nitrogens with two attached hydrogens (primary N) is 2. The van der Waals surface area contributed by atoms with Crippen molar-refractivity contribution in [3.8, 4) is 0 Å². The first-order chi connectivity index (χ1) is 7.07. The molecule has 1 aliphatic heterocycles. The van der Waals surface area contributed by atoms with Crippen LogP contribution in [0.2, 0.25) is 0 Å². The van der Waals surface area contributed by atoms with Gasteiger partial charge in [-0.1, -0.05) is 35.0 Å². The Labute approximate surface area is 98.6 Å². The number of hydrogen-bond donors (Lipinski definition) is 2. The number of halogens is 1. The Morgan fingerprint density at radius 3 is 2.87 bits per heavy atom. The van der Waals surface area contributed by atoms with Crippen molar-refractivity contribution in [3.05, 3.63) is 33.8 Å². The molecule has 15 heavy (non-hydrogen) atoms. The van der Waals surface area contributed by atoms with E-state index in [0.29, 0.717) is 0 Å². The van der Waals surface area contributed by atoms with Crippen molar-refractivity contribution in [2.75, 3.05) is 13.1 Å². The second-order valence-electron chi connectivity index (χ2n) is 3.92. The Bertz CT molecular complexity index is 376. The summed E-state index contributed by atoms with van der Waals surface area (Å²) in [5.74, 6) is -0.827. The van der Waals surface area contributed by atoms with Gasteiger partial charge in [-0.15, -0.1) is 0 Å². The molecule has 0 aliphatic carbocycles. The van der Waals surface area contributed by atoms with Crippen LogP contribution in [0, 0.1) is 0 Å². The maximum atomic E-state index is 6.20. The summed E-state index contributed by atoms with van der Waals surface area (Å²) < 4.78 is 1.11. The minimum atomic E-state index is -0.827. The smallest absolute Gasteiger partial charge is 0.148 e. The lowest BCUT2D eigenvalue weighted by Crippen LogP contribution is -2.62. The number of benzene rings is 1. The zero-order chi connectivity index (χ0) is 11.1. The summed E-state index contributed by atoms with van der Waals surface area (Å²) in [6, 6.07) is 6.04. The highest BCUT2D eigenvalue weighted by Gasteiger charge is 2.35. The van der Waals surface area contributed by atoms with Crippen LogP contribution in [0.3, 0.4) is 0 Å². The number of fused-ring (bicyclic) bond motifs is 1. The molecule has 0 radical (unpaired) electrons. The van der Waals surface area contributed by atoms with Gasteiger partial charge >= 0.3 is 0 Å². The third kappa shape index (κ3) is 1.72. The zero-order valence-corrected chi connectivity index (χ0v) is 10.4. The average Bonchev–Trinajstić information content (AvgIpc) is 2.19. The van der Waals surface area contributed by atoms with E-state index in [1.54, 1.807) is 0 Å². The van der Waals surface area contributed by atoms with E-state index in [9.17, 15) is 0 Å². The fourth-order valence-electron chi connectivity index (χ4n) is 2.21. The normalized spacial score (nSPS) is 20.0. The van der Waals surface area contributed by atoms with Gasteiger partial charge in [0.1, 0.15) is 5.79 Å². The van der Waals surface area contributed by atoms with Crippen molar-refractivity contribution in [2.45, 2.75) is 19.1 Å². The summed E-state index contributed by atoms with van der Waals surface area (Å²) in [7, 11) is 0. The Morgan fingerprint density at radius 2 is 2.20 bits per heavy atom. The van der Waals surface area contributed by atoms with Crippen LogP contribution >= 0.6 is 15.9 Å². The van der Waals surface area contributed by atoms with Gasteiger partial charge in [0.2, 0.25) is 0 Å². The molecule has 0 unspecified atom stereocenters. The van der Waals surface area contributed by atoms with Crippen molar-refractivity contribution < 1.29 is 0 Å². The van der Waals surface area contributed by atoms with Gasteiger partial charge < -0.3 is 0 Å². The Balaban J connectivity index is 2.52. The molecule has 0 aromatic heterocycles. The molecule has 0 bridgehead atoms. The third-order valence-electron chi connectivity index (χ3n) is 3.09. The standard InChI is InChI=1S/C11H16BrN3/c1-2-15-7-6-8-9(11(15,13)14)4-3-5-10(8)12/h3-5H,2,6-7,13-14H2,1H3. The monoisotopic (exact) mass is 269 g/mol. The minimum Gasteiger partial charge on any atom is -0.297 e. The number of hydrogen-bond acceptors (Lipinski definition) is 3. The van der Waals surface area contributed by atoms with Crippen LogP contribution < -0.4 is 11.5 Å². The number of likely N-dealkylation sites (N-methyl/N-ethyl adjacent to an activating group) is 1. The molecule has 3 nitrogen and oxygen atoms in total. The second kappa shape index (κ2) is 3.87. The molecule has 2 rings (SSSR count). The largest absolute Gasteiger partial charge is 0.297 e. The average molecular weight is 270 g/mol. The van der Waals surface area contributed by atoms with Crippen LogP contribution in [0.4, 0.5) is 0 Å². The highest BCUT2D eigenvalue weighted by atomic mass is 79.9. The van der Waals surface area contributed by atoms with E-state index in [4.69, 9.17) is 11.5 Å². The van der Waals surface area contributed by atoms with Gasteiger partial charge in [0.25, 0.3) is 0 Å². The predicted molar refractivity (Wildman–Crippen MR) is 65.1 cm³/mol. The number of nitrogens with zero attached hydrogens (tertiary/aromatic N) is 1. The maximum Gasteiger partial charge on any atom is 0.148 e. The van der Waals surface area contributed by atoms with Crippen LogP contribution in [-0.2, 0) is 12.2 Å². The molecule has 1 heterocycles. The molecule has 4 heteroatoms. The second-order valence-corrected chi connectivity index (χ2v) is 4.78. The van der Waals surface area contributed by atoms with Crippen molar-refractivity contribution in [1.29, 1.82) is 0 Å². The Kier molecular flexibility index (Phi) is 2.85.